The molecular weight excluding hydrogens is 320 g/mol. The van der Waals surface area contributed by atoms with E-state index in [4.69, 9.17) is 0 Å². The summed E-state index contributed by atoms with van der Waals surface area (Å²) in [7, 11) is 0. The lowest BCUT2D eigenvalue weighted by molar-refractivity contribution is -0.254. The molecule has 0 aromatic heterocycles. The van der Waals surface area contributed by atoms with Gasteiger partial charge in [0, 0.05) is 23.2 Å². The van der Waals surface area contributed by atoms with Crippen molar-refractivity contribution in [2.45, 2.75) is 20.3 Å². The summed E-state index contributed by atoms with van der Waals surface area (Å²) in [5.41, 5.74) is 0.862. The highest BCUT2D eigenvalue weighted by Crippen LogP contribution is 2.17. The first kappa shape index (κ1) is 18.2. The molecule has 0 radical (unpaired) electrons. The minimum Gasteiger partial charge on any atom is -0.545 e. The minimum atomic E-state index is -1.37. The molecular formula is C19H19N2O4-. The highest BCUT2D eigenvalue weighted by molar-refractivity contribution is 6.08. The number of carbonyl (C=O) groups is 3. The fourth-order valence-electron chi connectivity index (χ4n) is 2.29. The van der Waals surface area contributed by atoms with Crippen molar-refractivity contribution < 1.29 is 19.5 Å². The van der Waals surface area contributed by atoms with Gasteiger partial charge in [-0.15, -0.1) is 0 Å². The quantitative estimate of drug-likeness (QED) is 0.843. The lowest BCUT2D eigenvalue weighted by atomic mass is 10.1. The van der Waals surface area contributed by atoms with Gasteiger partial charge >= 0.3 is 0 Å². The van der Waals surface area contributed by atoms with Crippen LogP contribution in [0.5, 0.6) is 0 Å². The molecule has 0 aliphatic carbocycles. The van der Waals surface area contributed by atoms with Crippen molar-refractivity contribution in [3.05, 3.63) is 59.7 Å². The zero-order valence-corrected chi connectivity index (χ0v) is 14.0. The van der Waals surface area contributed by atoms with Gasteiger partial charge in [0.25, 0.3) is 5.91 Å². The Labute approximate surface area is 145 Å². The van der Waals surface area contributed by atoms with Gasteiger partial charge in [0.1, 0.15) is 0 Å². The Morgan fingerprint density at radius 3 is 2.40 bits per heavy atom. The monoisotopic (exact) mass is 339 g/mol. The van der Waals surface area contributed by atoms with E-state index >= 15 is 0 Å². The Morgan fingerprint density at radius 2 is 1.72 bits per heavy atom. The average Bonchev–Trinajstić information content (AvgIpc) is 2.54. The molecule has 0 heterocycles. The first-order valence-corrected chi connectivity index (χ1v) is 7.88. The molecule has 2 N–H and O–H groups in total. The number of carbonyl (C=O) groups excluding carboxylic acids is 3. The maximum atomic E-state index is 12.4. The van der Waals surface area contributed by atoms with E-state index in [9.17, 15) is 19.5 Å². The molecule has 6 heteroatoms. The summed E-state index contributed by atoms with van der Waals surface area (Å²) in [6.45, 7) is 3.89. The normalized spacial score (nSPS) is 10.4. The fraction of sp³-hybridized carbons (Fsp3) is 0.211. The van der Waals surface area contributed by atoms with Crippen LogP contribution in [-0.2, 0) is 4.79 Å². The van der Waals surface area contributed by atoms with Crippen molar-refractivity contribution >= 4 is 29.2 Å². The summed E-state index contributed by atoms with van der Waals surface area (Å²) in [5.74, 6) is -1.75. The highest BCUT2D eigenvalue weighted by atomic mass is 16.4. The van der Waals surface area contributed by atoms with Crippen LogP contribution < -0.4 is 15.7 Å². The molecule has 0 unspecified atom stereocenters. The minimum absolute atomic E-state index is 0.0998. The van der Waals surface area contributed by atoms with Crippen LogP contribution in [0.2, 0.25) is 0 Å². The fourth-order valence-corrected chi connectivity index (χ4v) is 2.29. The standard InChI is InChI=1S/C19H20N2O4/c1-12(2)10-17(22)20-14-7-5-6-13(11-14)18(23)21-16-9-4-3-8-15(16)19(24)25/h3-9,11-12H,10H2,1-2H3,(H,20,22)(H,21,23)(H,24,25)/p-1. The van der Waals surface area contributed by atoms with E-state index in [2.05, 4.69) is 10.6 Å². The largest absolute Gasteiger partial charge is 0.545 e. The number of hydrogen-bond acceptors (Lipinski definition) is 4. The number of benzene rings is 2. The number of para-hydroxylation sites is 1. The number of nitrogens with one attached hydrogen (secondary N) is 2. The number of carboxylic acid groups (broad SMARTS) is 1. The van der Waals surface area contributed by atoms with Gasteiger partial charge in [-0.05, 0) is 30.2 Å². The molecule has 2 aromatic rings. The van der Waals surface area contributed by atoms with E-state index in [0.29, 0.717) is 17.7 Å². The van der Waals surface area contributed by atoms with Gasteiger partial charge < -0.3 is 20.5 Å². The van der Waals surface area contributed by atoms with E-state index in [1.54, 1.807) is 30.3 Å². The summed E-state index contributed by atoms with van der Waals surface area (Å²) >= 11 is 0. The molecule has 2 amide bonds. The van der Waals surface area contributed by atoms with Crippen LogP contribution in [0.15, 0.2) is 48.5 Å². The number of rotatable bonds is 6. The van der Waals surface area contributed by atoms with E-state index in [1.807, 2.05) is 13.8 Å². The second-order valence-electron chi connectivity index (χ2n) is 6.01. The van der Waals surface area contributed by atoms with E-state index in [0.717, 1.165) is 0 Å². The highest BCUT2D eigenvalue weighted by Gasteiger charge is 2.11. The van der Waals surface area contributed by atoms with Crippen molar-refractivity contribution in [2.75, 3.05) is 10.6 Å². The third-order valence-corrected chi connectivity index (χ3v) is 3.40. The number of amides is 2. The average molecular weight is 339 g/mol. The first-order chi connectivity index (χ1) is 11.9. The summed E-state index contributed by atoms with van der Waals surface area (Å²) in [6.07, 6.45) is 0.384. The lowest BCUT2D eigenvalue weighted by Gasteiger charge is -2.12. The Hall–Kier alpha value is -3.15. The van der Waals surface area contributed by atoms with Crippen molar-refractivity contribution in [2.24, 2.45) is 5.92 Å². The Balaban J connectivity index is 2.14. The molecule has 0 atom stereocenters. The summed E-state index contributed by atoms with van der Waals surface area (Å²) in [5, 5.41) is 16.4. The van der Waals surface area contributed by atoms with Crippen LogP contribution in [0.4, 0.5) is 11.4 Å². The predicted molar refractivity (Wildman–Crippen MR) is 93.3 cm³/mol. The van der Waals surface area contributed by atoms with Crippen LogP contribution in [0, 0.1) is 5.92 Å². The molecule has 25 heavy (non-hydrogen) atoms. The molecule has 6 nitrogen and oxygen atoms in total. The molecule has 0 aliphatic heterocycles. The molecule has 0 bridgehead atoms. The topological polar surface area (TPSA) is 98.3 Å². The number of hydrogen-bond donors (Lipinski definition) is 2. The van der Waals surface area contributed by atoms with E-state index in [-0.39, 0.29) is 23.1 Å². The molecule has 0 saturated carbocycles. The van der Waals surface area contributed by atoms with Crippen LogP contribution in [0.3, 0.4) is 0 Å². The SMILES string of the molecule is CC(C)CC(=O)Nc1cccc(C(=O)Nc2ccccc2C(=O)[O-])c1. The number of aromatic carboxylic acids is 1. The zero-order valence-electron chi connectivity index (χ0n) is 14.0. The maximum absolute atomic E-state index is 12.4. The third-order valence-electron chi connectivity index (χ3n) is 3.40. The Bertz CT molecular complexity index is 800. The van der Waals surface area contributed by atoms with Crippen LogP contribution in [0.1, 0.15) is 41.0 Å². The molecule has 2 rings (SSSR count). The van der Waals surface area contributed by atoms with E-state index in [1.165, 1.54) is 18.2 Å². The van der Waals surface area contributed by atoms with Crippen molar-refractivity contribution in [1.29, 1.82) is 0 Å². The van der Waals surface area contributed by atoms with Gasteiger partial charge in [0.2, 0.25) is 5.91 Å². The number of carboxylic acids is 1. The van der Waals surface area contributed by atoms with Gasteiger partial charge in [-0.3, -0.25) is 9.59 Å². The Kier molecular flexibility index (Phi) is 5.89. The summed E-state index contributed by atoms with van der Waals surface area (Å²) in [4.78, 5) is 35.3. The van der Waals surface area contributed by atoms with Crippen molar-refractivity contribution in [1.82, 2.24) is 0 Å². The van der Waals surface area contributed by atoms with Crippen molar-refractivity contribution in [3.8, 4) is 0 Å². The molecule has 0 fully saturated rings. The van der Waals surface area contributed by atoms with Gasteiger partial charge in [-0.1, -0.05) is 38.1 Å². The van der Waals surface area contributed by atoms with Crippen LogP contribution in [0.25, 0.3) is 0 Å². The van der Waals surface area contributed by atoms with Gasteiger partial charge in [0.15, 0.2) is 0 Å². The molecule has 2 aromatic carbocycles. The third kappa shape index (κ3) is 5.17. The van der Waals surface area contributed by atoms with Gasteiger partial charge in [0.05, 0.1) is 11.7 Å². The summed E-state index contributed by atoms with van der Waals surface area (Å²) < 4.78 is 0. The molecule has 0 spiro atoms. The zero-order chi connectivity index (χ0) is 18.4. The summed E-state index contributed by atoms with van der Waals surface area (Å²) in [6, 6.07) is 12.4. The van der Waals surface area contributed by atoms with Crippen LogP contribution >= 0.6 is 0 Å². The second-order valence-corrected chi connectivity index (χ2v) is 6.01. The predicted octanol–water partition coefficient (Wildman–Crippen LogP) is 2.29. The second kappa shape index (κ2) is 8.10. The number of anilines is 2. The molecule has 0 aliphatic rings. The smallest absolute Gasteiger partial charge is 0.255 e. The van der Waals surface area contributed by atoms with Gasteiger partial charge in [-0.2, -0.15) is 0 Å². The maximum Gasteiger partial charge on any atom is 0.255 e. The van der Waals surface area contributed by atoms with Gasteiger partial charge in [-0.25, -0.2) is 0 Å². The Morgan fingerprint density at radius 1 is 1.00 bits per heavy atom. The lowest BCUT2D eigenvalue weighted by Crippen LogP contribution is -2.24. The van der Waals surface area contributed by atoms with E-state index < -0.39 is 11.9 Å². The van der Waals surface area contributed by atoms with Crippen molar-refractivity contribution in [3.63, 3.8) is 0 Å². The molecule has 130 valence electrons. The van der Waals surface area contributed by atoms with Crippen LogP contribution in [-0.4, -0.2) is 17.8 Å². The molecule has 0 saturated heterocycles. The first-order valence-electron chi connectivity index (χ1n) is 7.88.